The Balaban J connectivity index is 2.13. The lowest BCUT2D eigenvalue weighted by Crippen LogP contribution is -2.23. The molecule has 0 aliphatic heterocycles. The number of hydrogen-bond acceptors (Lipinski definition) is 3. The van der Waals surface area contributed by atoms with Crippen molar-refractivity contribution in [2.24, 2.45) is 0 Å². The van der Waals surface area contributed by atoms with Gasteiger partial charge in [-0.2, -0.15) is 0 Å². The average Bonchev–Trinajstić information content (AvgIpc) is 2.53. The van der Waals surface area contributed by atoms with Crippen molar-refractivity contribution < 1.29 is 13.2 Å². The summed E-state index contributed by atoms with van der Waals surface area (Å²) in [5, 5.41) is 0.399. The second kappa shape index (κ2) is 7.81. The molecule has 0 heterocycles. The molecule has 4 nitrogen and oxygen atoms in total. The molecule has 0 unspecified atom stereocenters. The van der Waals surface area contributed by atoms with Crippen LogP contribution in [0, 0.1) is 6.92 Å². The van der Waals surface area contributed by atoms with E-state index in [1.54, 1.807) is 0 Å². The molecule has 0 radical (unpaired) electrons. The summed E-state index contributed by atoms with van der Waals surface area (Å²) in [5.74, 6) is 0.381. The van der Waals surface area contributed by atoms with E-state index in [4.69, 9.17) is 16.3 Å². The van der Waals surface area contributed by atoms with Crippen molar-refractivity contribution in [3.63, 3.8) is 0 Å². The van der Waals surface area contributed by atoms with E-state index in [0.29, 0.717) is 17.4 Å². The molecule has 0 saturated carbocycles. The maximum atomic E-state index is 12.4. The van der Waals surface area contributed by atoms with E-state index >= 15 is 0 Å². The normalized spacial score (nSPS) is 11.4. The fourth-order valence-electron chi connectivity index (χ4n) is 1.94. The second-order valence-corrected chi connectivity index (χ2v) is 7.42. The van der Waals surface area contributed by atoms with Gasteiger partial charge in [0, 0.05) is 12.6 Å². The summed E-state index contributed by atoms with van der Waals surface area (Å²) in [6.07, 6.45) is 0.818. The molecule has 0 spiro atoms. The quantitative estimate of drug-likeness (QED) is 0.820. The summed E-state index contributed by atoms with van der Waals surface area (Å²) < 4.78 is 32.9. The molecule has 0 aliphatic rings. The van der Waals surface area contributed by atoms with E-state index in [2.05, 4.69) is 4.72 Å². The maximum Gasteiger partial charge on any atom is 0.241 e. The van der Waals surface area contributed by atoms with Gasteiger partial charge in [-0.05, 0) is 31.0 Å². The Hall–Kier alpha value is -1.56. The van der Waals surface area contributed by atoms with Crippen molar-refractivity contribution in [1.82, 2.24) is 4.72 Å². The monoisotopic (exact) mass is 353 g/mol. The van der Waals surface area contributed by atoms with Gasteiger partial charge in [-0.3, -0.25) is 0 Å². The minimum atomic E-state index is -3.62. The lowest BCUT2D eigenvalue weighted by atomic mass is 10.2. The zero-order valence-electron chi connectivity index (χ0n) is 13.2. The van der Waals surface area contributed by atoms with Crippen LogP contribution in [0.1, 0.15) is 24.5 Å². The van der Waals surface area contributed by atoms with Gasteiger partial charge in [0.1, 0.15) is 5.75 Å². The van der Waals surface area contributed by atoms with Crippen molar-refractivity contribution in [2.45, 2.75) is 31.7 Å². The number of aryl methyl sites for hydroxylation is 1. The molecule has 23 heavy (non-hydrogen) atoms. The Morgan fingerprint density at radius 3 is 2.48 bits per heavy atom. The lowest BCUT2D eigenvalue weighted by Gasteiger charge is -2.11. The predicted octanol–water partition coefficient (Wildman–Crippen LogP) is 3.92. The van der Waals surface area contributed by atoms with Crippen LogP contribution in [-0.4, -0.2) is 15.0 Å². The molecule has 1 N–H and O–H groups in total. The lowest BCUT2D eigenvalue weighted by molar-refractivity contribution is 0.317. The Labute approximate surface area is 142 Å². The van der Waals surface area contributed by atoms with Crippen molar-refractivity contribution in [1.29, 1.82) is 0 Å². The van der Waals surface area contributed by atoms with Gasteiger partial charge in [0.15, 0.2) is 0 Å². The first-order chi connectivity index (χ1) is 10.9. The molecule has 0 amide bonds. The van der Waals surface area contributed by atoms with Gasteiger partial charge in [-0.1, -0.05) is 48.4 Å². The molecule has 0 bridgehead atoms. The van der Waals surface area contributed by atoms with E-state index in [9.17, 15) is 8.42 Å². The summed E-state index contributed by atoms with van der Waals surface area (Å²) in [7, 11) is -3.62. The van der Waals surface area contributed by atoms with Crippen LogP contribution in [0.4, 0.5) is 0 Å². The van der Waals surface area contributed by atoms with Gasteiger partial charge in [-0.15, -0.1) is 0 Å². The highest BCUT2D eigenvalue weighted by Gasteiger charge is 2.16. The van der Waals surface area contributed by atoms with Crippen molar-refractivity contribution >= 4 is 21.6 Å². The van der Waals surface area contributed by atoms with Gasteiger partial charge in [-0.25, -0.2) is 13.1 Å². The number of ether oxygens (including phenoxy) is 1. The fraction of sp³-hybridized carbons (Fsp3) is 0.294. The molecule has 6 heteroatoms. The first kappa shape index (κ1) is 17.8. The number of nitrogens with one attached hydrogen (secondary N) is 1. The van der Waals surface area contributed by atoms with Crippen LogP contribution >= 0.6 is 11.6 Å². The minimum absolute atomic E-state index is 0.139. The van der Waals surface area contributed by atoms with E-state index < -0.39 is 10.0 Å². The van der Waals surface area contributed by atoms with Crippen LogP contribution in [-0.2, 0) is 16.6 Å². The van der Waals surface area contributed by atoms with E-state index in [-0.39, 0.29) is 11.4 Å². The van der Waals surface area contributed by atoms with Crippen molar-refractivity contribution in [3.8, 4) is 5.75 Å². The summed E-state index contributed by atoms with van der Waals surface area (Å²) in [5.41, 5.74) is 2.03. The maximum absolute atomic E-state index is 12.4. The van der Waals surface area contributed by atoms with Crippen LogP contribution in [0.15, 0.2) is 47.4 Å². The standard InChI is InChI=1S/C17H20ClNO3S/c1-3-10-22-17-11-15(8-9-16(17)18)23(20,21)19-12-14-6-4-13(2)5-7-14/h4-9,11,19H,3,10,12H2,1-2H3. The molecule has 2 aromatic rings. The number of hydrogen-bond donors (Lipinski definition) is 1. The fourth-order valence-corrected chi connectivity index (χ4v) is 3.15. The molecular formula is C17H20ClNO3S. The molecule has 0 aliphatic carbocycles. The Bertz CT molecular complexity index is 758. The second-order valence-electron chi connectivity index (χ2n) is 5.25. The topological polar surface area (TPSA) is 55.4 Å². The molecule has 0 saturated heterocycles. The first-order valence-electron chi connectivity index (χ1n) is 7.40. The molecular weight excluding hydrogens is 334 g/mol. The zero-order chi connectivity index (χ0) is 16.9. The number of sulfonamides is 1. The SMILES string of the molecule is CCCOc1cc(S(=O)(=O)NCc2ccc(C)cc2)ccc1Cl. The van der Waals surface area contributed by atoms with Crippen molar-refractivity contribution in [2.75, 3.05) is 6.61 Å². The summed E-state index contributed by atoms with van der Waals surface area (Å²) in [6, 6.07) is 12.2. The van der Waals surface area contributed by atoms with E-state index in [1.165, 1.54) is 18.2 Å². The van der Waals surface area contributed by atoms with Gasteiger partial charge >= 0.3 is 0 Å². The third-order valence-electron chi connectivity index (χ3n) is 3.26. The third-order valence-corrected chi connectivity index (χ3v) is 4.97. The zero-order valence-corrected chi connectivity index (χ0v) is 14.7. The summed E-state index contributed by atoms with van der Waals surface area (Å²) >= 11 is 6.03. The predicted molar refractivity (Wildman–Crippen MR) is 92.4 cm³/mol. The highest BCUT2D eigenvalue weighted by atomic mass is 35.5. The molecule has 0 fully saturated rings. The molecule has 0 atom stereocenters. The molecule has 0 aromatic heterocycles. The minimum Gasteiger partial charge on any atom is -0.492 e. The first-order valence-corrected chi connectivity index (χ1v) is 9.26. The number of rotatable bonds is 7. The van der Waals surface area contributed by atoms with Gasteiger partial charge in [0.2, 0.25) is 10.0 Å². The molecule has 2 rings (SSSR count). The number of benzene rings is 2. The summed E-state index contributed by atoms with van der Waals surface area (Å²) in [6.45, 7) is 4.67. The van der Waals surface area contributed by atoms with E-state index in [0.717, 1.165) is 17.5 Å². The van der Waals surface area contributed by atoms with E-state index in [1.807, 2.05) is 38.1 Å². The highest BCUT2D eigenvalue weighted by Crippen LogP contribution is 2.27. The Kier molecular flexibility index (Phi) is 6.04. The summed E-state index contributed by atoms with van der Waals surface area (Å²) in [4.78, 5) is 0.139. The smallest absolute Gasteiger partial charge is 0.241 e. The highest BCUT2D eigenvalue weighted by molar-refractivity contribution is 7.89. The number of halogens is 1. The average molecular weight is 354 g/mol. The Morgan fingerprint density at radius 2 is 1.83 bits per heavy atom. The van der Waals surface area contributed by atoms with Crippen LogP contribution in [0.5, 0.6) is 5.75 Å². The van der Waals surface area contributed by atoms with Gasteiger partial charge < -0.3 is 4.74 Å². The van der Waals surface area contributed by atoms with Crippen LogP contribution in [0.3, 0.4) is 0 Å². The third kappa shape index (κ3) is 4.96. The Morgan fingerprint density at radius 1 is 1.13 bits per heavy atom. The van der Waals surface area contributed by atoms with Gasteiger partial charge in [0.25, 0.3) is 0 Å². The molecule has 2 aromatic carbocycles. The van der Waals surface area contributed by atoms with Crippen molar-refractivity contribution in [3.05, 3.63) is 58.6 Å². The van der Waals surface area contributed by atoms with Crippen LogP contribution < -0.4 is 9.46 Å². The van der Waals surface area contributed by atoms with Crippen LogP contribution in [0.2, 0.25) is 5.02 Å². The van der Waals surface area contributed by atoms with Crippen LogP contribution in [0.25, 0.3) is 0 Å². The largest absolute Gasteiger partial charge is 0.492 e. The molecule has 124 valence electrons. The van der Waals surface area contributed by atoms with Gasteiger partial charge in [0.05, 0.1) is 16.5 Å².